The lowest BCUT2D eigenvalue weighted by molar-refractivity contribution is -0.144. The lowest BCUT2D eigenvalue weighted by atomic mass is 9.84. The van der Waals surface area contributed by atoms with Crippen molar-refractivity contribution in [2.45, 2.75) is 70.2 Å². The molecule has 0 spiro atoms. The number of anilines is 3. The van der Waals surface area contributed by atoms with E-state index in [9.17, 15) is 19.1 Å². The summed E-state index contributed by atoms with van der Waals surface area (Å²) in [6, 6.07) is 2.52. The number of piperidine rings is 1. The summed E-state index contributed by atoms with van der Waals surface area (Å²) in [4.78, 5) is 34.6. The Kier molecular flexibility index (Phi) is 7.16. The number of hydrogen-bond acceptors (Lipinski definition) is 10. The van der Waals surface area contributed by atoms with Crippen LogP contribution < -0.4 is 21.1 Å². The number of carbonyl (C=O) groups is 1. The van der Waals surface area contributed by atoms with Crippen molar-refractivity contribution in [3.05, 3.63) is 40.4 Å². The highest BCUT2D eigenvalue weighted by atomic mass is 19.1. The van der Waals surface area contributed by atoms with E-state index in [1.165, 1.54) is 20.0 Å². The minimum Gasteiger partial charge on any atom is -0.479 e. The monoisotopic (exact) mass is 559 g/mol. The van der Waals surface area contributed by atoms with Crippen LogP contribution in [0.25, 0.3) is 5.69 Å². The van der Waals surface area contributed by atoms with Crippen LogP contribution >= 0.6 is 0 Å². The molecule has 3 aromatic rings. The molecule has 1 unspecified atom stereocenters. The zero-order valence-electron chi connectivity index (χ0n) is 22.6. The maximum absolute atomic E-state index is 15.2. The maximum atomic E-state index is 15.2. The molecule has 3 atom stereocenters. The molecule has 3 N–H and O–H groups in total. The number of halogens is 2. The number of carboxylic acid groups (broad SMARTS) is 1. The third-order valence-electron chi connectivity index (χ3n) is 7.44. The average molecular weight is 560 g/mol. The summed E-state index contributed by atoms with van der Waals surface area (Å²) in [5.41, 5.74) is -0.963. The first-order valence-corrected chi connectivity index (χ1v) is 13.0. The fourth-order valence-corrected chi connectivity index (χ4v) is 5.57. The Morgan fingerprint density at radius 3 is 2.73 bits per heavy atom. The van der Waals surface area contributed by atoms with E-state index in [0.717, 1.165) is 53.9 Å². The molecular weight excluding hydrogens is 528 g/mol. The normalized spacial score (nSPS) is 21.1. The highest BCUT2D eigenvalue weighted by Gasteiger charge is 2.43. The van der Waals surface area contributed by atoms with E-state index in [2.05, 4.69) is 49.8 Å². The third kappa shape index (κ3) is 5.33. The predicted octanol–water partition coefficient (Wildman–Crippen LogP) is 2.45. The van der Waals surface area contributed by atoms with Gasteiger partial charge in [-0.2, -0.15) is 14.3 Å². The minimum absolute atomic E-state index is 0.00822. The van der Waals surface area contributed by atoms with E-state index in [1.54, 1.807) is 0 Å². The minimum atomic E-state index is -1.35. The van der Waals surface area contributed by atoms with Crippen LogP contribution in [-0.4, -0.2) is 76.0 Å². The Hall–Kier alpha value is -4.14. The van der Waals surface area contributed by atoms with Crippen molar-refractivity contribution < 1.29 is 23.4 Å². The molecular formula is C25H31F2N9O4. The van der Waals surface area contributed by atoms with Gasteiger partial charge in [0.1, 0.15) is 11.4 Å². The molecule has 2 aliphatic rings. The molecule has 15 heteroatoms. The van der Waals surface area contributed by atoms with Crippen LogP contribution in [0.15, 0.2) is 23.1 Å². The molecule has 2 saturated heterocycles. The fourth-order valence-electron chi connectivity index (χ4n) is 5.57. The molecule has 0 radical (unpaired) electrons. The molecule has 0 bridgehead atoms. The summed E-state index contributed by atoms with van der Waals surface area (Å²) in [6.45, 7) is 6.70. The number of hydrogen-bond donors (Lipinski definition) is 3. The Balaban J connectivity index is 1.43. The van der Waals surface area contributed by atoms with Gasteiger partial charge in [0.2, 0.25) is 5.95 Å². The highest BCUT2D eigenvalue weighted by molar-refractivity contribution is 5.73. The van der Waals surface area contributed by atoms with Gasteiger partial charge in [0, 0.05) is 30.7 Å². The van der Waals surface area contributed by atoms with Gasteiger partial charge in [-0.25, -0.2) is 23.4 Å². The van der Waals surface area contributed by atoms with Gasteiger partial charge in [0.05, 0.1) is 11.9 Å². The van der Waals surface area contributed by atoms with Gasteiger partial charge in [-0.1, -0.05) is 0 Å². The number of carboxylic acids is 1. The first-order valence-electron chi connectivity index (χ1n) is 13.0. The summed E-state index contributed by atoms with van der Waals surface area (Å²) in [6.07, 6.45) is 3.55. The van der Waals surface area contributed by atoms with Gasteiger partial charge in [-0.3, -0.25) is 4.90 Å². The maximum Gasteiger partial charge on any atom is 0.368 e. The van der Waals surface area contributed by atoms with Crippen molar-refractivity contribution in [1.29, 1.82) is 0 Å². The highest BCUT2D eigenvalue weighted by Crippen LogP contribution is 2.38. The first-order chi connectivity index (χ1) is 18.9. The number of fused-ring (bicyclic) bond motifs is 1. The molecule has 2 fully saturated rings. The van der Waals surface area contributed by atoms with Gasteiger partial charge in [0.25, 0.3) is 0 Å². The van der Waals surface area contributed by atoms with E-state index < -0.39 is 29.4 Å². The summed E-state index contributed by atoms with van der Waals surface area (Å²) in [7, 11) is 1.37. The van der Waals surface area contributed by atoms with Crippen LogP contribution in [-0.2, 0) is 11.8 Å². The zero-order chi connectivity index (χ0) is 28.8. The molecule has 0 aliphatic carbocycles. The summed E-state index contributed by atoms with van der Waals surface area (Å²) < 4.78 is 37.1. The van der Waals surface area contributed by atoms with Crippen LogP contribution in [0.1, 0.15) is 46.5 Å². The number of aliphatic carboxylic acids is 1. The molecule has 5 rings (SSSR count). The summed E-state index contributed by atoms with van der Waals surface area (Å²) in [5.74, 6) is -3.14. The van der Waals surface area contributed by atoms with Gasteiger partial charge in [-0.15, -0.1) is 0 Å². The topological polar surface area (TPSA) is 152 Å². The molecule has 0 saturated carbocycles. The molecule has 214 valence electrons. The Morgan fingerprint density at radius 1 is 1.25 bits per heavy atom. The van der Waals surface area contributed by atoms with Gasteiger partial charge < -0.3 is 20.5 Å². The predicted molar refractivity (Wildman–Crippen MR) is 140 cm³/mol. The van der Waals surface area contributed by atoms with Gasteiger partial charge in [-0.05, 0) is 69.5 Å². The Labute approximate surface area is 228 Å². The number of aromatic nitrogens is 6. The second-order valence-electron chi connectivity index (χ2n) is 10.8. The lowest BCUT2D eigenvalue weighted by Gasteiger charge is -2.47. The number of benzene rings is 1. The van der Waals surface area contributed by atoms with Gasteiger partial charge >= 0.3 is 11.7 Å². The first kappa shape index (κ1) is 27.4. The van der Waals surface area contributed by atoms with Crippen LogP contribution in [0.4, 0.5) is 26.2 Å². The van der Waals surface area contributed by atoms with Gasteiger partial charge in [0.15, 0.2) is 23.6 Å². The molecule has 40 heavy (non-hydrogen) atoms. The number of aryl methyl sites for hydroxylation is 1. The average Bonchev–Trinajstić information content (AvgIpc) is 3.49. The van der Waals surface area contributed by atoms with Crippen molar-refractivity contribution in [1.82, 2.24) is 34.7 Å². The number of rotatable bonds is 8. The fraction of sp³-hybridized carbons (Fsp3) is 0.520. The molecule has 4 heterocycles. The Bertz CT molecular complexity index is 1490. The van der Waals surface area contributed by atoms with Crippen molar-refractivity contribution >= 4 is 23.4 Å². The molecule has 1 aromatic carbocycles. The van der Waals surface area contributed by atoms with E-state index >= 15 is 4.39 Å². The van der Waals surface area contributed by atoms with Crippen LogP contribution in [0.2, 0.25) is 0 Å². The van der Waals surface area contributed by atoms with Crippen molar-refractivity contribution in [2.75, 3.05) is 17.2 Å². The molecule has 2 aliphatic heterocycles. The molecule has 13 nitrogen and oxygen atoms in total. The summed E-state index contributed by atoms with van der Waals surface area (Å²) in [5, 5.41) is 22.6. The second kappa shape index (κ2) is 10.4. The Morgan fingerprint density at radius 2 is 2.02 bits per heavy atom. The van der Waals surface area contributed by atoms with Crippen LogP contribution in [0, 0.1) is 11.6 Å². The van der Waals surface area contributed by atoms with E-state index in [1.807, 2.05) is 0 Å². The number of nitrogens with one attached hydrogen (secondary N) is 2. The SMILES string of the molecule is CC(Oc1cc(F)c(Nc2ncc(F)c(N[C@@H]3C[C@@H]4CCCN4C(C)(C)C3)n2)cc1-n1nnn(C)c1=O)C(=O)O. The standard InChI is InChI=1S/C25H31F2N9O4/c1-13(22(37)38)40-20-9-16(26)18(10-19(20)36-24(39)34(4)32-33-36)30-23-28-12-17(27)21(31-23)29-14-8-15-6-5-7-35(15)25(2,3)11-14/h9-10,12-15H,5-8,11H2,1-4H3,(H,37,38)(H2,28,29,30,31)/t13?,14-,15+/m1/s1. The van der Waals surface area contributed by atoms with Crippen molar-refractivity contribution in [3.8, 4) is 11.4 Å². The van der Waals surface area contributed by atoms with Crippen LogP contribution in [0.5, 0.6) is 5.75 Å². The molecule has 0 amide bonds. The number of tetrazole rings is 1. The van der Waals surface area contributed by atoms with Crippen molar-refractivity contribution in [2.24, 2.45) is 7.05 Å². The number of nitrogens with zero attached hydrogens (tertiary/aromatic N) is 7. The smallest absolute Gasteiger partial charge is 0.368 e. The largest absolute Gasteiger partial charge is 0.479 e. The zero-order valence-corrected chi connectivity index (χ0v) is 22.6. The van der Waals surface area contributed by atoms with E-state index in [4.69, 9.17) is 4.74 Å². The quantitative estimate of drug-likeness (QED) is 0.373. The molecule has 2 aromatic heterocycles. The number of ether oxygens (including phenoxy) is 1. The third-order valence-corrected chi connectivity index (χ3v) is 7.44. The van der Waals surface area contributed by atoms with Crippen LogP contribution in [0.3, 0.4) is 0 Å². The van der Waals surface area contributed by atoms with E-state index in [0.29, 0.717) is 6.04 Å². The lowest BCUT2D eigenvalue weighted by Crippen LogP contribution is -2.55. The van der Waals surface area contributed by atoms with Crippen molar-refractivity contribution in [3.63, 3.8) is 0 Å². The van der Waals surface area contributed by atoms with E-state index in [-0.39, 0.29) is 40.5 Å². The second-order valence-corrected chi connectivity index (χ2v) is 10.8. The summed E-state index contributed by atoms with van der Waals surface area (Å²) >= 11 is 0.